The summed E-state index contributed by atoms with van der Waals surface area (Å²) >= 11 is 7.85. The topological polar surface area (TPSA) is 78.2 Å². The number of nitrogens with zero attached hydrogens (tertiary/aromatic N) is 3. The lowest BCUT2D eigenvalue weighted by atomic mass is 10.0. The summed E-state index contributed by atoms with van der Waals surface area (Å²) in [5, 5.41) is 3.56. The average molecular weight is 501 g/mol. The second-order valence-corrected chi connectivity index (χ2v) is 9.92. The molecule has 0 saturated carbocycles. The van der Waals surface area contributed by atoms with Crippen molar-refractivity contribution in [1.82, 2.24) is 19.4 Å². The van der Waals surface area contributed by atoms with Crippen LogP contribution in [-0.4, -0.2) is 39.5 Å². The minimum absolute atomic E-state index is 0.141. The van der Waals surface area contributed by atoms with Crippen LogP contribution in [0.5, 0.6) is 5.75 Å². The minimum atomic E-state index is -1.10. The van der Waals surface area contributed by atoms with E-state index in [4.69, 9.17) is 16.3 Å². The first-order chi connectivity index (χ1) is 16.3. The molecule has 176 valence electrons. The number of pyridine rings is 1. The third-order valence-electron chi connectivity index (χ3n) is 5.90. The van der Waals surface area contributed by atoms with Gasteiger partial charge in [0.15, 0.2) is 6.17 Å². The fraction of sp³-hybridized carbons (Fsp3) is 0.292. The van der Waals surface area contributed by atoms with Crippen LogP contribution in [0.1, 0.15) is 10.4 Å². The zero-order chi connectivity index (χ0) is 24.0. The zero-order valence-corrected chi connectivity index (χ0v) is 20.1. The van der Waals surface area contributed by atoms with Crippen LogP contribution in [0.15, 0.2) is 52.3 Å². The van der Waals surface area contributed by atoms with Crippen LogP contribution in [0.3, 0.4) is 0 Å². The van der Waals surface area contributed by atoms with Crippen LogP contribution in [-0.2, 0) is 13.6 Å². The number of halogens is 2. The van der Waals surface area contributed by atoms with Gasteiger partial charge in [-0.3, -0.25) is 14.3 Å². The standard InChI is InChI=1S/C24H22ClFN4O3S/c1-13-7-14(25)8-17(22(13)33-20-11-27-10-18(20)26)16-3-5-28-19-9-15(34-23(16)19)12-30-21(31)4-6-29(2)24(30)32/h3-9,18,20,27H,10-12H2,1-2H3/t18-,20+/m0/s1. The predicted octanol–water partition coefficient (Wildman–Crippen LogP) is 3.52. The molecule has 10 heteroatoms. The van der Waals surface area contributed by atoms with Crippen LogP contribution in [0, 0.1) is 6.92 Å². The molecule has 1 N–H and O–H groups in total. The van der Waals surface area contributed by atoms with Crippen LogP contribution < -0.4 is 21.3 Å². The van der Waals surface area contributed by atoms with Crippen LogP contribution >= 0.6 is 22.9 Å². The van der Waals surface area contributed by atoms with E-state index in [1.165, 1.54) is 32.7 Å². The number of aryl methyl sites for hydroxylation is 2. The molecule has 1 saturated heterocycles. The highest BCUT2D eigenvalue weighted by Crippen LogP contribution is 2.42. The van der Waals surface area contributed by atoms with Crippen molar-refractivity contribution in [3.05, 3.63) is 79.0 Å². The monoisotopic (exact) mass is 500 g/mol. The van der Waals surface area contributed by atoms with Gasteiger partial charge in [-0.25, -0.2) is 9.18 Å². The van der Waals surface area contributed by atoms with Gasteiger partial charge in [0.1, 0.15) is 11.9 Å². The predicted molar refractivity (Wildman–Crippen MR) is 132 cm³/mol. The molecule has 34 heavy (non-hydrogen) atoms. The Hall–Kier alpha value is -3.01. The first-order valence-corrected chi connectivity index (χ1v) is 12.0. The highest BCUT2D eigenvalue weighted by atomic mass is 35.5. The van der Waals surface area contributed by atoms with E-state index in [0.717, 1.165) is 31.8 Å². The first-order valence-electron chi connectivity index (χ1n) is 10.8. The van der Waals surface area contributed by atoms with Crippen LogP contribution in [0.4, 0.5) is 4.39 Å². The van der Waals surface area contributed by atoms with E-state index in [2.05, 4.69) is 10.3 Å². The molecule has 0 amide bonds. The molecule has 5 rings (SSSR count). The van der Waals surface area contributed by atoms with E-state index in [1.807, 2.05) is 25.1 Å². The summed E-state index contributed by atoms with van der Waals surface area (Å²) in [5.74, 6) is 0.580. The Morgan fingerprint density at radius 2 is 2.06 bits per heavy atom. The van der Waals surface area contributed by atoms with E-state index >= 15 is 0 Å². The lowest BCUT2D eigenvalue weighted by Gasteiger charge is -2.20. The number of hydrogen-bond donors (Lipinski definition) is 1. The van der Waals surface area contributed by atoms with Crippen molar-refractivity contribution in [2.45, 2.75) is 25.7 Å². The van der Waals surface area contributed by atoms with Crippen molar-refractivity contribution in [2.24, 2.45) is 7.05 Å². The molecule has 0 spiro atoms. The number of fused-ring (bicyclic) bond motifs is 1. The smallest absolute Gasteiger partial charge is 0.331 e. The van der Waals surface area contributed by atoms with Crippen LogP contribution in [0.2, 0.25) is 5.02 Å². The molecule has 7 nitrogen and oxygen atoms in total. The van der Waals surface area contributed by atoms with Gasteiger partial charge >= 0.3 is 5.69 Å². The maximum atomic E-state index is 14.3. The number of hydrogen-bond acceptors (Lipinski definition) is 6. The average Bonchev–Trinajstić information content (AvgIpc) is 3.40. The molecule has 0 bridgehead atoms. The molecule has 3 aromatic heterocycles. The Balaban J connectivity index is 1.61. The quantitative estimate of drug-likeness (QED) is 0.453. The van der Waals surface area contributed by atoms with E-state index in [1.54, 1.807) is 19.3 Å². The lowest BCUT2D eigenvalue weighted by molar-refractivity contribution is 0.140. The molecular weight excluding hydrogens is 479 g/mol. The van der Waals surface area contributed by atoms with Crippen molar-refractivity contribution in [3.63, 3.8) is 0 Å². The summed E-state index contributed by atoms with van der Waals surface area (Å²) in [6, 6.07) is 8.72. The Morgan fingerprint density at radius 3 is 2.82 bits per heavy atom. The van der Waals surface area contributed by atoms with Crippen molar-refractivity contribution < 1.29 is 9.13 Å². The number of aromatic nitrogens is 3. The molecular formula is C24H22ClFN4O3S. The Labute approximate surface area is 203 Å². The van der Waals surface area contributed by atoms with Gasteiger partial charge in [-0.15, -0.1) is 11.3 Å². The summed E-state index contributed by atoms with van der Waals surface area (Å²) < 4.78 is 23.9. The Morgan fingerprint density at radius 1 is 1.24 bits per heavy atom. The van der Waals surface area contributed by atoms with E-state index in [-0.39, 0.29) is 24.3 Å². The van der Waals surface area contributed by atoms with Gasteiger partial charge in [0, 0.05) is 59.6 Å². The summed E-state index contributed by atoms with van der Waals surface area (Å²) in [4.78, 5) is 30.0. The molecule has 0 unspecified atom stereocenters. The largest absolute Gasteiger partial charge is 0.485 e. The number of thiophene rings is 1. The number of nitrogens with one attached hydrogen (secondary N) is 1. The van der Waals surface area contributed by atoms with Gasteiger partial charge in [0.2, 0.25) is 0 Å². The molecule has 4 heterocycles. The van der Waals surface area contributed by atoms with Crippen molar-refractivity contribution in [3.8, 4) is 16.9 Å². The maximum Gasteiger partial charge on any atom is 0.331 e. The van der Waals surface area contributed by atoms with E-state index in [9.17, 15) is 14.0 Å². The summed E-state index contributed by atoms with van der Waals surface area (Å²) in [5.41, 5.74) is 2.38. The molecule has 0 radical (unpaired) electrons. The SMILES string of the molecule is Cc1cc(Cl)cc(-c2ccnc3cc(Cn4c(=O)ccn(C)c4=O)sc23)c1O[C@@H]1CNC[C@@H]1F. The molecule has 2 atom stereocenters. The van der Waals surface area contributed by atoms with Gasteiger partial charge in [-0.05, 0) is 36.8 Å². The second-order valence-electron chi connectivity index (χ2n) is 8.35. The fourth-order valence-corrected chi connectivity index (χ4v) is 5.57. The second kappa shape index (κ2) is 8.98. The van der Waals surface area contributed by atoms with Gasteiger partial charge < -0.3 is 14.6 Å². The van der Waals surface area contributed by atoms with Crippen LogP contribution in [0.25, 0.3) is 21.3 Å². The number of ether oxygens (including phenoxy) is 1. The zero-order valence-electron chi connectivity index (χ0n) is 18.5. The summed E-state index contributed by atoms with van der Waals surface area (Å²) in [6.07, 6.45) is 1.46. The highest BCUT2D eigenvalue weighted by molar-refractivity contribution is 7.19. The van der Waals surface area contributed by atoms with E-state index < -0.39 is 12.3 Å². The highest BCUT2D eigenvalue weighted by Gasteiger charge is 2.30. The van der Waals surface area contributed by atoms with Crippen molar-refractivity contribution >= 4 is 33.2 Å². The van der Waals surface area contributed by atoms with Gasteiger partial charge in [0.05, 0.1) is 16.8 Å². The van der Waals surface area contributed by atoms with Crippen molar-refractivity contribution in [2.75, 3.05) is 13.1 Å². The van der Waals surface area contributed by atoms with Gasteiger partial charge in [0.25, 0.3) is 5.56 Å². The number of benzene rings is 1. The number of rotatable bonds is 5. The first kappa shape index (κ1) is 22.8. The van der Waals surface area contributed by atoms with Gasteiger partial charge in [-0.2, -0.15) is 0 Å². The minimum Gasteiger partial charge on any atom is -0.485 e. The molecule has 0 aliphatic carbocycles. The maximum absolute atomic E-state index is 14.3. The third-order valence-corrected chi connectivity index (χ3v) is 7.26. The van der Waals surface area contributed by atoms with E-state index in [0.29, 0.717) is 17.3 Å². The molecule has 4 aromatic rings. The fourth-order valence-electron chi connectivity index (χ4n) is 4.17. The third kappa shape index (κ3) is 4.15. The molecule has 1 fully saturated rings. The normalized spacial score (nSPS) is 18.0. The molecule has 1 aliphatic rings. The van der Waals surface area contributed by atoms with Gasteiger partial charge in [-0.1, -0.05) is 11.6 Å². The number of alkyl halides is 1. The Kier molecular flexibility index (Phi) is 6.01. The Bertz CT molecular complexity index is 1510. The molecule has 1 aromatic carbocycles. The van der Waals surface area contributed by atoms with Crippen molar-refractivity contribution in [1.29, 1.82) is 0 Å². The molecule has 1 aliphatic heterocycles. The summed E-state index contributed by atoms with van der Waals surface area (Å²) in [7, 11) is 1.60. The summed E-state index contributed by atoms with van der Waals surface area (Å²) in [6.45, 7) is 2.72. The lowest BCUT2D eigenvalue weighted by Crippen LogP contribution is -2.37.